The predicted molar refractivity (Wildman–Crippen MR) is 82.8 cm³/mol. The second kappa shape index (κ2) is 6.87. The van der Waals surface area contributed by atoms with Gasteiger partial charge in [0.1, 0.15) is 0 Å². The summed E-state index contributed by atoms with van der Waals surface area (Å²) < 4.78 is 8.09. The van der Waals surface area contributed by atoms with Gasteiger partial charge in [0.05, 0.1) is 18.1 Å². The van der Waals surface area contributed by atoms with Crippen molar-refractivity contribution in [3.05, 3.63) is 54.1 Å². The highest BCUT2D eigenvalue weighted by Crippen LogP contribution is 2.33. The van der Waals surface area contributed by atoms with Gasteiger partial charge in [-0.15, -0.1) is 0 Å². The Morgan fingerprint density at radius 3 is 2.95 bits per heavy atom. The lowest BCUT2D eigenvalue weighted by Crippen LogP contribution is -2.32. The van der Waals surface area contributed by atoms with Crippen molar-refractivity contribution in [2.24, 2.45) is 13.0 Å². The lowest BCUT2D eigenvalue weighted by molar-refractivity contribution is -0.0278. The molecule has 2 atom stereocenters. The Morgan fingerprint density at radius 2 is 2.19 bits per heavy atom. The van der Waals surface area contributed by atoms with E-state index in [1.54, 1.807) is 0 Å². The van der Waals surface area contributed by atoms with E-state index in [2.05, 4.69) is 45.2 Å². The summed E-state index contributed by atoms with van der Waals surface area (Å²) in [5, 5.41) is 3.56. The molecule has 0 spiro atoms. The highest BCUT2D eigenvalue weighted by molar-refractivity contribution is 5.18. The van der Waals surface area contributed by atoms with Crippen LogP contribution in [0.25, 0.3) is 0 Å². The normalized spacial score (nSPS) is 22.3. The molecule has 0 amide bonds. The van der Waals surface area contributed by atoms with Crippen LogP contribution in [0.5, 0.6) is 0 Å². The second-order valence-electron chi connectivity index (χ2n) is 5.73. The molecule has 2 heterocycles. The third-order valence-corrected chi connectivity index (χ3v) is 4.20. The fraction of sp³-hybridized carbons (Fsp3) is 0.471. The number of rotatable bonds is 5. The number of aromatic nitrogens is 2. The fourth-order valence-corrected chi connectivity index (χ4v) is 3.00. The van der Waals surface area contributed by atoms with Gasteiger partial charge in [0.25, 0.3) is 0 Å². The monoisotopic (exact) mass is 285 g/mol. The van der Waals surface area contributed by atoms with Crippen molar-refractivity contribution < 1.29 is 4.74 Å². The van der Waals surface area contributed by atoms with E-state index in [4.69, 9.17) is 4.74 Å². The van der Waals surface area contributed by atoms with Crippen molar-refractivity contribution in [2.75, 3.05) is 13.2 Å². The molecule has 1 saturated heterocycles. The van der Waals surface area contributed by atoms with Crippen LogP contribution in [0, 0.1) is 5.92 Å². The Balaban J connectivity index is 1.59. The Kier molecular flexibility index (Phi) is 4.68. The van der Waals surface area contributed by atoms with E-state index in [0.29, 0.717) is 5.92 Å². The van der Waals surface area contributed by atoms with Gasteiger partial charge in [-0.25, -0.2) is 4.98 Å². The van der Waals surface area contributed by atoms with Gasteiger partial charge in [0.15, 0.2) is 0 Å². The molecule has 1 aliphatic heterocycles. The average Bonchev–Trinajstić information content (AvgIpc) is 2.94. The average molecular weight is 285 g/mol. The van der Waals surface area contributed by atoms with Gasteiger partial charge in [0.2, 0.25) is 0 Å². The maximum atomic E-state index is 6.03. The number of nitrogens with zero attached hydrogens (tertiary/aromatic N) is 2. The van der Waals surface area contributed by atoms with E-state index in [9.17, 15) is 0 Å². The van der Waals surface area contributed by atoms with Crippen LogP contribution in [0.3, 0.4) is 0 Å². The largest absolute Gasteiger partial charge is 0.373 e. The second-order valence-corrected chi connectivity index (χ2v) is 5.73. The fourth-order valence-electron chi connectivity index (χ4n) is 3.00. The van der Waals surface area contributed by atoms with Gasteiger partial charge < -0.3 is 14.6 Å². The summed E-state index contributed by atoms with van der Waals surface area (Å²) in [5.74, 6) is 0.536. The molecule has 1 fully saturated rings. The quantitative estimate of drug-likeness (QED) is 0.918. The first-order valence-electron chi connectivity index (χ1n) is 7.67. The van der Waals surface area contributed by atoms with Gasteiger partial charge in [-0.3, -0.25) is 0 Å². The highest BCUT2D eigenvalue weighted by Gasteiger charge is 2.26. The Morgan fingerprint density at radius 1 is 1.33 bits per heavy atom. The maximum Gasteiger partial charge on any atom is 0.0945 e. The van der Waals surface area contributed by atoms with Crippen molar-refractivity contribution in [2.45, 2.75) is 25.5 Å². The molecule has 1 aliphatic rings. The van der Waals surface area contributed by atoms with Crippen molar-refractivity contribution >= 4 is 0 Å². The summed E-state index contributed by atoms with van der Waals surface area (Å²) in [6.07, 6.45) is 6.35. The minimum Gasteiger partial charge on any atom is -0.373 e. The summed E-state index contributed by atoms with van der Waals surface area (Å²) in [5.41, 5.74) is 2.51. The molecule has 0 bridgehead atoms. The van der Waals surface area contributed by atoms with Crippen molar-refractivity contribution in [3.63, 3.8) is 0 Å². The van der Waals surface area contributed by atoms with Crippen LogP contribution in [-0.2, 0) is 18.3 Å². The standard InChI is InChI=1S/C17H23N3O/c1-20-13-19-12-16(20)11-18-10-15-8-5-9-21-17(15)14-6-3-2-4-7-14/h2-4,6-7,12-13,15,17-18H,5,8-11H2,1H3/t15-,17+/m1/s1. The van der Waals surface area contributed by atoms with Gasteiger partial charge >= 0.3 is 0 Å². The zero-order chi connectivity index (χ0) is 14.5. The third-order valence-electron chi connectivity index (χ3n) is 4.20. The van der Waals surface area contributed by atoms with E-state index in [-0.39, 0.29) is 6.10 Å². The lowest BCUT2D eigenvalue weighted by Gasteiger charge is -2.32. The van der Waals surface area contributed by atoms with Crippen LogP contribution in [0.2, 0.25) is 0 Å². The van der Waals surface area contributed by atoms with Gasteiger partial charge in [0, 0.05) is 38.9 Å². The molecular weight excluding hydrogens is 262 g/mol. The summed E-state index contributed by atoms with van der Waals surface area (Å²) in [6, 6.07) is 10.6. The summed E-state index contributed by atoms with van der Waals surface area (Å²) in [6.45, 7) is 2.71. The molecule has 3 rings (SSSR count). The van der Waals surface area contributed by atoms with Gasteiger partial charge in [-0.1, -0.05) is 30.3 Å². The van der Waals surface area contributed by atoms with Crippen LogP contribution >= 0.6 is 0 Å². The molecule has 4 heteroatoms. The molecule has 0 radical (unpaired) electrons. The van der Waals surface area contributed by atoms with Crippen molar-refractivity contribution in [3.8, 4) is 0 Å². The number of nitrogens with one attached hydrogen (secondary N) is 1. The molecule has 4 nitrogen and oxygen atoms in total. The van der Waals surface area contributed by atoms with E-state index >= 15 is 0 Å². The first-order chi connectivity index (χ1) is 10.3. The van der Waals surface area contributed by atoms with Crippen LogP contribution in [-0.4, -0.2) is 22.7 Å². The highest BCUT2D eigenvalue weighted by atomic mass is 16.5. The molecule has 0 aliphatic carbocycles. The summed E-state index contributed by atoms with van der Waals surface area (Å²) in [4.78, 5) is 4.15. The first-order valence-corrected chi connectivity index (χ1v) is 7.67. The number of imidazole rings is 1. The molecular formula is C17H23N3O. The number of aryl methyl sites for hydroxylation is 1. The summed E-state index contributed by atoms with van der Waals surface area (Å²) in [7, 11) is 2.03. The van der Waals surface area contributed by atoms with Crippen molar-refractivity contribution in [1.82, 2.24) is 14.9 Å². The predicted octanol–water partition coefficient (Wildman–Crippen LogP) is 2.68. The van der Waals surface area contributed by atoms with Crippen LogP contribution in [0.4, 0.5) is 0 Å². The minimum absolute atomic E-state index is 0.221. The van der Waals surface area contributed by atoms with E-state index in [0.717, 1.165) is 26.1 Å². The maximum absolute atomic E-state index is 6.03. The summed E-state index contributed by atoms with van der Waals surface area (Å²) >= 11 is 0. The van der Waals surface area contributed by atoms with Crippen LogP contribution in [0.15, 0.2) is 42.9 Å². The SMILES string of the molecule is Cn1cncc1CNC[C@H]1CCCO[C@H]1c1ccccc1. The number of ether oxygens (including phenoxy) is 1. The first kappa shape index (κ1) is 14.3. The molecule has 2 aromatic rings. The number of hydrogen-bond donors (Lipinski definition) is 1. The zero-order valence-corrected chi connectivity index (χ0v) is 12.5. The third kappa shape index (κ3) is 3.52. The Hall–Kier alpha value is -1.65. The molecule has 1 aromatic carbocycles. The smallest absolute Gasteiger partial charge is 0.0945 e. The minimum atomic E-state index is 0.221. The topological polar surface area (TPSA) is 39.1 Å². The molecule has 21 heavy (non-hydrogen) atoms. The van der Waals surface area contributed by atoms with Crippen molar-refractivity contribution in [1.29, 1.82) is 0 Å². The zero-order valence-electron chi connectivity index (χ0n) is 12.5. The number of hydrogen-bond acceptors (Lipinski definition) is 3. The van der Waals surface area contributed by atoms with E-state index < -0.39 is 0 Å². The molecule has 112 valence electrons. The number of benzene rings is 1. The molecule has 0 saturated carbocycles. The lowest BCUT2D eigenvalue weighted by atomic mass is 9.89. The molecule has 0 unspecified atom stereocenters. The van der Waals surface area contributed by atoms with Crippen LogP contribution in [0.1, 0.15) is 30.2 Å². The molecule has 1 aromatic heterocycles. The Bertz CT molecular complexity index is 552. The van der Waals surface area contributed by atoms with E-state index in [1.807, 2.05) is 19.6 Å². The van der Waals surface area contributed by atoms with Gasteiger partial charge in [-0.05, 0) is 18.4 Å². The molecule has 1 N–H and O–H groups in total. The van der Waals surface area contributed by atoms with Crippen LogP contribution < -0.4 is 5.32 Å². The van der Waals surface area contributed by atoms with Gasteiger partial charge in [-0.2, -0.15) is 0 Å². The van der Waals surface area contributed by atoms with E-state index in [1.165, 1.54) is 17.7 Å². The Labute approximate surface area is 126 Å².